The minimum Gasteiger partial charge on any atom is -0.462 e. The zero-order valence-corrected chi connectivity index (χ0v) is 18.1. The number of esters is 1. The van der Waals surface area contributed by atoms with Gasteiger partial charge in [-0.3, -0.25) is 4.79 Å². The number of carbonyl (C=O) groups excluding carboxylic acids is 2. The number of hydrogen-bond acceptors (Lipinski definition) is 5. The van der Waals surface area contributed by atoms with Crippen molar-refractivity contribution in [2.24, 2.45) is 16.7 Å². The Balaban J connectivity index is 1.67. The van der Waals surface area contributed by atoms with Crippen LogP contribution in [0.2, 0.25) is 0 Å². The number of carbonyl (C=O) groups is 2. The molecule has 6 heteroatoms. The Labute approximate surface area is 171 Å². The number of amides is 1. The molecule has 2 saturated carbocycles. The van der Waals surface area contributed by atoms with Gasteiger partial charge in [0.25, 0.3) is 0 Å². The molecule has 1 aliphatic heterocycles. The second kappa shape index (κ2) is 6.70. The molecule has 1 N–H and O–H groups in total. The topological polar surface area (TPSA) is 58.6 Å². The Morgan fingerprint density at radius 1 is 1.39 bits per heavy atom. The van der Waals surface area contributed by atoms with Gasteiger partial charge in [0, 0.05) is 18.0 Å². The average Bonchev–Trinajstić information content (AvgIpc) is 3.27. The number of anilines is 1. The molecule has 3 aliphatic rings. The Kier molecular flexibility index (Phi) is 4.70. The van der Waals surface area contributed by atoms with Crippen molar-refractivity contribution >= 4 is 28.2 Å². The van der Waals surface area contributed by atoms with Crippen LogP contribution < -0.4 is 5.32 Å². The SMILES string of the molecule is C=C1C2(C(=O)Nc3sc4c(c3C(=O)OCC)CCN(C)C4)CCC(C2)C1(C)C. The van der Waals surface area contributed by atoms with E-state index >= 15 is 0 Å². The molecule has 28 heavy (non-hydrogen) atoms. The van der Waals surface area contributed by atoms with Gasteiger partial charge in [0.2, 0.25) is 5.91 Å². The van der Waals surface area contributed by atoms with E-state index < -0.39 is 5.41 Å². The fraction of sp³-hybridized carbons (Fsp3) is 0.636. The van der Waals surface area contributed by atoms with Crippen molar-refractivity contribution < 1.29 is 14.3 Å². The molecule has 5 nitrogen and oxygen atoms in total. The van der Waals surface area contributed by atoms with E-state index in [2.05, 4.69) is 37.7 Å². The van der Waals surface area contributed by atoms with E-state index in [1.807, 2.05) is 6.92 Å². The highest BCUT2D eigenvalue weighted by molar-refractivity contribution is 7.17. The molecule has 0 spiro atoms. The van der Waals surface area contributed by atoms with Gasteiger partial charge in [-0.15, -0.1) is 11.3 Å². The molecule has 2 heterocycles. The predicted octanol–water partition coefficient (Wildman–Crippen LogP) is 4.23. The first-order valence-electron chi connectivity index (χ1n) is 10.2. The van der Waals surface area contributed by atoms with Crippen molar-refractivity contribution in [2.75, 3.05) is 25.5 Å². The number of thiophene rings is 1. The third-order valence-electron chi connectivity index (χ3n) is 7.28. The van der Waals surface area contributed by atoms with Crippen LogP contribution in [-0.2, 0) is 22.5 Å². The average molecular weight is 403 g/mol. The highest BCUT2D eigenvalue weighted by Crippen LogP contribution is 2.65. The molecule has 2 unspecified atom stereocenters. The van der Waals surface area contributed by atoms with Crippen LogP contribution in [-0.4, -0.2) is 37.0 Å². The molecule has 2 aliphatic carbocycles. The fourth-order valence-electron chi connectivity index (χ4n) is 5.40. The maximum absolute atomic E-state index is 13.5. The molecule has 0 saturated heterocycles. The Bertz CT molecular complexity index is 856. The van der Waals surface area contributed by atoms with E-state index in [1.54, 1.807) is 0 Å². The number of ether oxygens (including phenoxy) is 1. The first-order chi connectivity index (χ1) is 13.2. The van der Waals surface area contributed by atoms with Crippen molar-refractivity contribution in [2.45, 2.75) is 53.0 Å². The largest absolute Gasteiger partial charge is 0.462 e. The molecular weight excluding hydrogens is 372 g/mol. The number of fused-ring (bicyclic) bond motifs is 3. The summed E-state index contributed by atoms with van der Waals surface area (Å²) in [7, 11) is 2.08. The van der Waals surface area contributed by atoms with Gasteiger partial charge in [-0.05, 0) is 56.6 Å². The van der Waals surface area contributed by atoms with E-state index in [0.29, 0.717) is 23.1 Å². The minimum atomic E-state index is -0.499. The van der Waals surface area contributed by atoms with Crippen LogP contribution >= 0.6 is 11.3 Å². The second-order valence-corrected chi connectivity index (χ2v) is 10.2. The standard InChI is InChI=1S/C22H30N2O3S/c1-6-27-19(25)17-15-8-10-24(5)12-16(15)28-18(17)23-20(26)22-9-7-14(11-22)21(3,4)13(22)2/h14H,2,6-12H2,1,3-5H3,(H,23,26). The molecule has 1 aromatic rings. The van der Waals surface area contributed by atoms with E-state index in [4.69, 9.17) is 4.74 Å². The van der Waals surface area contributed by atoms with Crippen LogP contribution in [0.4, 0.5) is 5.00 Å². The van der Waals surface area contributed by atoms with E-state index in [9.17, 15) is 9.59 Å². The van der Waals surface area contributed by atoms with E-state index in [1.165, 1.54) is 11.3 Å². The van der Waals surface area contributed by atoms with Crippen molar-refractivity contribution in [1.29, 1.82) is 0 Å². The fourth-order valence-corrected chi connectivity index (χ4v) is 6.71. The molecule has 152 valence electrons. The molecule has 2 fully saturated rings. The van der Waals surface area contributed by atoms with Gasteiger partial charge in [-0.25, -0.2) is 4.79 Å². The lowest BCUT2D eigenvalue weighted by Gasteiger charge is -2.37. The quantitative estimate of drug-likeness (QED) is 0.605. The van der Waals surface area contributed by atoms with Crippen LogP contribution in [0.5, 0.6) is 0 Å². The normalized spacial score (nSPS) is 28.3. The van der Waals surface area contributed by atoms with Gasteiger partial charge >= 0.3 is 5.97 Å². The van der Waals surface area contributed by atoms with Crippen LogP contribution in [0.3, 0.4) is 0 Å². The lowest BCUT2D eigenvalue weighted by atomic mass is 9.68. The van der Waals surface area contributed by atoms with Crippen molar-refractivity contribution in [1.82, 2.24) is 4.90 Å². The number of likely N-dealkylation sites (N-methyl/N-ethyl adjacent to an activating group) is 1. The molecule has 4 rings (SSSR count). The summed E-state index contributed by atoms with van der Waals surface area (Å²) in [5, 5.41) is 3.80. The number of nitrogens with zero attached hydrogens (tertiary/aromatic N) is 1. The molecule has 2 bridgehead atoms. The Morgan fingerprint density at radius 2 is 2.14 bits per heavy atom. The van der Waals surface area contributed by atoms with E-state index in [0.717, 1.165) is 54.8 Å². The predicted molar refractivity (Wildman–Crippen MR) is 112 cm³/mol. The Hall–Kier alpha value is -1.66. The zero-order valence-electron chi connectivity index (χ0n) is 17.3. The summed E-state index contributed by atoms with van der Waals surface area (Å²) in [5.41, 5.74) is 2.16. The van der Waals surface area contributed by atoms with Gasteiger partial charge in [0.15, 0.2) is 0 Å². The smallest absolute Gasteiger partial charge is 0.341 e. The third-order valence-corrected chi connectivity index (χ3v) is 8.41. The zero-order chi connectivity index (χ0) is 20.3. The highest BCUT2D eigenvalue weighted by atomic mass is 32.1. The van der Waals surface area contributed by atoms with Crippen molar-refractivity contribution in [3.63, 3.8) is 0 Å². The first-order valence-corrected chi connectivity index (χ1v) is 11.0. The van der Waals surface area contributed by atoms with Gasteiger partial charge < -0.3 is 15.0 Å². The summed E-state index contributed by atoms with van der Waals surface area (Å²) in [6, 6.07) is 0. The molecule has 0 aromatic carbocycles. The number of nitrogens with one attached hydrogen (secondary N) is 1. The van der Waals surface area contributed by atoms with Crippen molar-refractivity contribution in [3.05, 3.63) is 28.2 Å². The van der Waals surface area contributed by atoms with Gasteiger partial charge in [-0.2, -0.15) is 0 Å². The molecule has 2 atom stereocenters. The second-order valence-electron chi connectivity index (χ2n) is 9.09. The third kappa shape index (κ3) is 2.76. The molecule has 1 aromatic heterocycles. The number of rotatable bonds is 4. The van der Waals surface area contributed by atoms with Crippen molar-refractivity contribution in [3.8, 4) is 0 Å². The lowest BCUT2D eigenvalue weighted by molar-refractivity contribution is -0.123. The first kappa shape index (κ1) is 19.6. The summed E-state index contributed by atoms with van der Waals surface area (Å²) >= 11 is 1.53. The van der Waals surface area contributed by atoms with Crippen LogP contribution in [0, 0.1) is 16.7 Å². The summed E-state index contributed by atoms with van der Waals surface area (Å²) in [6.07, 6.45) is 3.59. The highest BCUT2D eigenvalue weighted by Gasteiger charge is 2.61. The summed E-state index contributed by atoms with van der Waals surface area (Å²) < 4.78 is 5.33. The summed E-state index contributed by atoms with van der Waals surface area (Å²) in [6.45, 7) is 12.6. The molecule has 0 radical (unpaired) electrons. The van der Waals surface area contributed by atoms with Crippen LogP contribution in [0.15, 0.2) is 12.2 Å². The summed E-state index contributed by atoms with van der Waals surface area (Å²) in [5.74, 6) is 0.191. The maximum Gasteiger partial charge on any atom is 0.341 e. The lowest BCUT2D eigenvalue weighted by Crippen LogP contribution is -2.37. The monoisotopic (exact) mass is 402 g/mol. The summed E-state index contributed by atoms with van der Waals surface area (Å²) in [4.78, 5) is 29.6. The molecular formula is C22H30N2O3S. The van der Waals surface area contributed by atoms with Crippen LogP contribution in [0.1, 0.15) is 60.8 Å². The van der Waals surface area contributed by atoms with Gasteiger partial charge in [-0.1, -0.05) is 26.0 Å². The Morgan fingerprint density at radius 3 is 2.79 bits per heavy atom. The maximum atomic E-state index is 13.5. The number of hydrogen-bond donors (Lipinski definition) is 1. The van der Waals surface area contributed by atoms with E-state index in [-0.39, 0.29) is 17.3 Å². The minimum absolute atomic E-state index is 0.00285. The van der Waals surface area contributed by atoms with Gasteiger partial charge in [0.05, 0.1) is 17.6 Å². The van der Waals surface area contributed by atoms with Crippen LogP contribution in [0.25, 0.3) is 0 Å². The molecule has 1 amide bonds. The van der Waals surface area contributed by atoms with Gasteiger partial charge in [0.1, 0.15) is 5.00 Å².